The standard InChI is InChI=1S/C27H25NO5/c1-32-26(30)16-25(29)24(15-18-9-3-2-4-10-18)28-27(31)33-17-23-21-13-7-5-11-19(21)20-12-6-8-14-22(20)23/h2-14,23-24H,15-17H2,1H3,(H,28,31)/t24-/m1/s1. The lowest BCUT2D eigenvalue weighted by molar-refractivity contribution is -0.143. The maximum Gasteiger partial charge on any atom is 0.407 e. The highest BCUT2D eigenvalue weighted by Gasteiger charge is 2.30. The van der Waals surface area contributed by atoms with Gasteiger partial charge >= 0.3 is 12.1 Å². The number of methoxy groups -OCH3 is 1. The van der Waals surface area contributed by atoms with Crippen LogP contribution in [0, 0.1) is 0 Å². The summed E-state index contributed by atoms with van der Waals surface area (Å²) in [5, 5.41) is 2.65. The zero-order valence-electron chi connectivity index (χ0n) is 18.3. The largest absolute Gasteiger partial charge is 0.469 e. The van der Waals surface area contributed by atoms with Gasteiger partial charge in [0, 0.05) is 5.92 Å². The first-order chi connectivity index (χ1) is 16.1. The Morgan fingerprint density at radius 2 is 1.42 bits per heavy atom. The van der Waals surface area contributed by atoms with Crippen LogP contribution in [-0.4, -0.2) is 37.6 Å². The van der Waals surface area contributed by atoms with E-state index in [1.807, 2.05) is 66.7 Å². The molecule has 1 aliphatic rings. The number of carbonyl (C=O) groups excluding carboxylic acids is 3. The van der Waals surface area contributed by atoms with Crippen LogP contribution in [0.1, 0.15) is 29.0 Å². The van der Waals surface area contributed by atoms with Crippen LogP contribution in [0.5, 0.6) is 0 Å². The fourth-order valence-electron chi connectivity index (χ4n) is 4.22. The van der Waals surface area contributed by atoms with E-state index in [0.717, 1.165) is 27.8 Å². The molecule has 1 atom stereocenters. The number of alkyl carbamates (subject to hydrolysis) is 1. The summed E-state index contributed by atoms with van der Waals surface area (Å²) in [7, 11) is 1.22. The molecule has 3 aromatic carbocycles. The van der Waals surface area contributed by atoms with E-state index in [0.29, 0.717) is 0 Å². The molecule has 0 spiro atoms. The van der Waals surface area contributed by atoms with E-state index in [1.54, 1.807) is 0 Å². The summed E-state index contributed by atoms with van der Waals surface area (Å²) in [6.45, 7) is 0.142. The Morgan fingerprint density at radius 1 is 0.848 bits per heavy atom. The van der Waals surface area contributed by atoms with Crippen LogP contribution >= 0.6 is 0 Å². The summed E-state index contributed by atoms with van der Waals surface area (Å²) >= 11 is 0. The molecule has 168 valence electrons. The van der Waals surface area contributed by atoms with Gasteiger partial charge in [0.2, 0.25) is 0 Å². The zero-order valence-corrected chi connectivity index (χ0v) is 18.3. The number of rotatable bonds is 8. The van der Waals surface area contributed by atoms with E-state index in [2.05, 4.69) is 22.2 Å². The molecule has 0 heterocycles. The van der Waals surface area contributed by atoms with Crippen molar-refractivity contribution in [3.05, 3.63) is 95.6 Å². The summed E-state index contributed by atoms with van der Waals surface area (Å²) in [6, 6.07) is 24.5. The highest BCUT2D eigenvalue weighted by atomic mass is 16.5. The van der Waals surface area contributed by atoms with Crippen molar-refractivity contribution in [2.75, 3.05) is 13.7 Å². The second-order valence-electron chi connectivity index (χ2n) is 7.93. The SMILES string of the molecule is COC(=O)CC(=O)[C@@H](Cc1ccccc1)NC(=O)OCC1c2ccccc2-c2ccccc21. The lowest BCUT2D eigenvalue weighted by Crippen LogP contribution is -2.43. The molecule has 6 nitrogen and oxygen atoms in total. The minimum Gasteiger partial charge on any atom is -0.469 e. The van der Waals surface area contributed by atoms with Crippen molar-refractivity contribution >= 4 is 17.8 Å². The Balaban J connectivity index is 1.45. The molecule has 0 fully saturated rings. The maximum atomic E-state index is 12.7. The van der Waals surface area contributed by atoms with E-state index in [4.69, 9.17) is 4.74 Å². The first-order valence-corrected chi connectivity index (χ1v) is 10.8. The minimum absolute atomic E-state index is 0.0819. The van der Waals surface area contributed by atoms with Crippen LogP contribution in [0.2, 0.25) is 0 Å². The van der Waals surface area contributed by atoms with Gasteiger partial charge in [0.05, 0.1) is 13.2 Å². The lowest BCUT2D eigenvalue weighted by atomic mass is 9.98. The summed E-state index contributed by atoms with van der Waals surface area (Å²) < 4.78 is 10.2. The Labute approximate surface area is 192 Å². The molecular weight excluding hydrogens is 418 g/mol. The van der Waals surface area contributed by atoms with E-state index in [9.17, 15) is 14.4 Å². The van der Waals surface area contributed by atoms with Gasteiger partial charge in [0.1, 0.15) is 13.0 Å². The van der Waals surface area contributed by atoms with Crippen molar-refractivity contribution in [1.29, 1.82) is 0 Å². The van der Waals surface area contributed by atoms with Crippen molar-refractivity contribution in [2.24, 2.45) is 0 Å². The molecule has 1 amide bonds. The monoisotopic (exact) mass is 443 g/mol. The number of esters is 1. The van der Waals surface area contributed by atoms with Gasteiger partial charge < -0.3 is 14.8 Å². The van der Waals surface area contributed by atoms with Crippen LogP contribution in [0.15, 0.2) is 78.9 Å². The number of hydrogen-bond donors (Lipinski definition) is 1. The zero-order chi connectivity index (χ0) is 23.2. The highest BCUT2D eigenvalue weighted by Crippen LogP contribution is 2.44. The van der Waals surface area contributed by atoms with Crippen LogP contribution in [0.4, 0.5) is 4.79 Å². The van der Waals surface area contributed by atoms with Crippen LogP contribution in [-0.2, 0) is 25.5 Å². The predicted octanol–water partition coefficient (Wildman–Crippen LogP) is 4.27. The van der Waals surface area contributed by atoms with Crippen molar-refractivity contribution < 1.29 is 23.9 Å². The molecule has 0 radical (unpaired) electrons. The average Bonchev–Trinajstić information content (AvgIpc) is 3.16. The molecule has 0 unspecified atom stereocenters. The predicted molar refractivity (Wildman–Crippen MR) is 124 cm³/mol. The van der Waals surface area contributed by atoms with Gasteiger partial charge in [0.15, 0.2) is 5.78 Å². The topological polar surface area (TPSA) is 81.7 Å². The Kier molecular flexibility index (Phi) is 6.83. The van der Waals surface area contributed by atoms with Crippen LogP contribution in [0.25, 0.3) is 11.1 Å². The number of ether oxygens (including phenoxy) is 2. The lowest BCUT2D eigenvalue weighted by Gasteiger charge is -2.19. The molecule has 0 saturated heterocycles. The molecule has 1 N–H and O–H groups in total. The van der Waals surface area contributed by atoms with E-state index < -0.39 is 30.3 Å². The summed E-state index contributed by atoms with van der Waals surface area (Å²) in [5.74, 6) is -1.16. The third-order valence-electron chi connectivity index (χ3n) is 5.85. The van der Waals surface area contributed by atoms with Gasteiger partial charge in [0.25, 0.3) is 0 Å². The normalized spacial score (nSPS) is 12.9. The first-order valence-electron chi connectivity index (χ1n) is 10.8. The molecule has 0 saturated carbocycles. The number of Topliss-reactive ketones (excluding diaryl/α,β-unsaturated/α-hetero) is 1. The molecule has 0 bridgehead atoms. The Hall–Kier alpha value is -3.93. The summed E-state index contributed by atoms with van der Waals surface area (Å²) in [5.41, 5.74) is 5.34. The number of ketones is 1. The smallest absolute Gasteiger partial charge is 0.407 e. The summed E-state index contributed by atoms with van der Waals surface area (Å²) in [4.78, 5) is 37.0. The van der Waals surface area contributed by atoms with Gasteiger partial charge in [-0.1, -0.05) is 78.9 Å². The number of nitrogens with one attached hydrogen (secondary N) is 1. The van der Waals surface area contributed by atoms with Crippen molar-refractivity contribution in [2.45, 2.75) is 24.8 Å². The molecule has 3 aromatic rings. The first kappa shape index (κ1) is 22.3. The van der Waals surface area contributed by atoms with E-state index >= 15 is 0 Å². The second-order valence-corrected chi connectivity index (χ2v) is 7.93. The van der Waals surface area contributed by atoms with Crippen molar-refractivity contribution in [3.63, 3.8) is 0 Å². The minimum atomic E-state index is -0.901. The number of carbonyl (C=O) groups is 3. The van der Waals surface area contributed by atoms with Gasteiger partial charge in [-0.25, -0.2) is 4.79 Å². The fourth-order valence-corrected chi connectivity index (χ4v) is 4.22. The van der Waals surface area contributed by atoms with E-state index in [1.165, 1.54) is 7.11 Å². The van der Waals surface area contributed by atoms with Crippen molar-refractivity contribution in [1.82, 2.24) is 5.32 Å². The highest BCUT2D eigenvalue weighted by molar-refractivity contribution is 5.99. The average molecular weight is 443 g/mol. The fraction of sp³-hybridized carbons (Fsp3) is 0.222. The van der Waals surface area contributed by atoms with Gasteiger partial charge in [-0.2, -0.15) is 0 Å². The Morgan fingerprint density at radius 3 is 2.03 bits per heavy atom. The van der Waals surface area contributed by atoms with Gasteiger partial charge in [-0.05, 0) is 34.2 Å². The van der Waals surface area contributed by atoms with Crippen LogP contribution < -0.4 is 5.32 Å². The number of amides is 1. The molecular formula is C27H25NO5. The summed E-state index contributed by atoms with van der Waals surface area (Å²) in [6.07, 6.45) is -0.866. The molecule has 1 aliphatic carbocycles. The Bertz CT molecular complexity index is 1110. The number of benzene rings is 3. The third kappa shape index (κ3) is 5.12. The molecule has 6 heteroatoms. The second kappa shape index (κ2) is 10.1. The maximum absolute atomic E-state index is 12.7. The molecule has 4 rings (SSSR count). The van der Waals surface area contributed by atoms with Gasteiger partial charge in [-0.3, -0.25) is 9.59 Å². The molecule has 33 heavy (non-hydrogen) atoms. The number of fused-ring (bicyclic) bond motifs is 3. The van der Waals surface area contributed by atoms with E-state index in [-0.39, 0.29) is 18.9 Å². The molecule has 0 aromatic heterocycles. The third-order valence-corrected chi connectivity index (χ3v) is 5.85. The van der Waals surface area contributed by atoms with Gasteiger partial charge in [-0.15, -0.1) is 0 Å². The number of hydrogen-bond acceptors (Lipinski definition) is 5. The van der Waals surface area contributed by atoms with Crippen molar-refractivity contribution in [3.8, 4) is 11.1 Å². The van der Waals surface area contributed by atoms with Crippen LogP contribution in [0.3, 0.4) is 0 Å². The molecule has 0 aliphatic heterocycles. The quantitative estimate of drug-likeness (QED) is 0.415.